The molecule has 10 heteroatoms. The normalized spacial score (nSPS) is 13.0. The zero-order valence-corrected chi connectivity index (χ0v) is 21.7. The van der Waals surface area contributed by atoms with Gasteiger partial charge in [0, 0.05) is 23.7 Å². The molecule has 2 aromatic carbocycles. The van der Waals surface area contributed by atoms with E-state index in [1.54, 1.807) is 49.4 Å². The highest BCUT2D eigenvalue weighted by Crippen LogP contribution is 2.24. The molecule has 0 fully saturated rings. The Balaban J connectivity index is 2.41. The Kier molecular flexibility index (Phi) is 9.76. The molecule has 0 aliphatic carbocycles. The van der Waals surface area contributed by atoms with Crippen LogP contribution in [-0.2, 0) is 26.2 Å². The lowest BCUT2D eigenvalue weighted by Gasteiger charge is -2.32. The molecule has 0 unspecified atom stereocenters. The van der Waals surface area contributed by atoms with Gasteiger partial charge in [-0.1, -0.05) is 42.8 Å². The minimum Gasteiger partial charge on any atom is -0.497 e. The number of carbonyl (C=O) groups is 2. The number of rotatable bonds is 11. The van der Waals surface area contributed by atoms with Gasteiger partial charge in [0.1, 0.15) is 18.3 Å². The summed E-state index contributed by atoms with van der Waals surface area (Å²) in [7, 11) is -2.35. The number of benzene rings is 2. The Morgan fingerprint density at radius 1 is 1.12 bits per heavy atom. The van der Waals surface area contributed by atoms with Crippen molar-refractivity contribution in [1.29, 1.82) is 0 Å². The molecule has 2 atom stereocenters. The monoisotopic (exact) mass is 509 g/mol. The largest absolute Gasteiger partial charge is 0.497 e. The third kappa shape index (κ3) is 7.36. The van der Waals surface area contributed by atoms with Gasteiger partial charge in [0.25, 0.3) is 0 Å². The maximum absolute atomic E-state index is 13.5. The summed E-state index contributed by atoms with van der Waals surface area (Å²) in [5.41, 5.74) is 0.928. The molecular weight excluding hydrogens is 478 g/mol. The van der Waals surface area contributed by atoms with Crippen LogP contribution in [0, 0.1) is 0 Å². The summed E-state index contributed by atoms with van der Waals surface area (Å²) in [6, 6.07) is 12.5. The summed E-state index contributed by atoms with van der Waals surface area (Å²) in [6.07, 6.45) is 1.76. The fraction of sp³-hybridized carbons (Fsp3) is 0.417. The SMILES string of the molecule is CC[C@H](C)NC(=O)[C@@H](C)N(Cc1ccccc1Cl)C(=O)CN(c1cccc(OC)c1)S(C)(=O)=O. The Bertz CT molecular complexity index is 1110. The van der Waals surface area contributed by atoms with Crippen LogP contribution in [0.3, 0.4) is 0 Å². The van der Waals surface area contributed by atoms with Crippen LogP contribution < -0.4 is 14.4 Å². The second kappa shape index (κ2) is 12.1. The van der Waals surface area contributed by atoms with Gasteiger partial charge in [-0.05, 0) is 44.0 Å². The number of amides is 2. The smallest absolute Gasteiger partial charge is 0.244 e. The fourth-order valence-electron chi connectivity index (χ4n) is 3.24. The minimum atomic E-state index is -3.82. The quantitative estimate of drug-likeness (QED) is 0.500. The predicted molar refractivity (Wildman–Crippen MR) is 135 cm³/mol. The van der Waals surface area contributed by atoms with Crippen LogP contribution >= 0.6 is 11.6 Å². The maximum Gasteiger partial charge on any atom is 0.244 e. The van der Waals surface area contributed by atoms with E-state index in [1.165, 1.54) is 18.1 Å². The predicted octanol–water partition coefficient (Wildman–Crippen LogP) is 3.45. The molecule has 0 radical (unpaired) electrons. The number of nitrogens with one attached hydrogen (secondary N) is 1. The number of carbonyl (C=O) groups excluding carboxylic acids is 2. The van der Waals surface area contributed by atoms with Crippen molar-refractivity contribution in [3.63, 3.8) is 0 Å². The van der Waals surface area contributed by atoms with Gasteiger partial charge in [0.05, 0.1) is 19.1 Å². The number of halogens is 1. The second-order valence-corrected chi connectivity index (χ2v) is 10.4. The fourth-order valence-corrected chi connectivity index (χ4v) is 4.27. The van der Waals surface area contributed by atoms with E-state index in [0.717, 1.165) is 17.0 Å². The van der Waals surface area contributed by atoms with Crippen molar-refractivity contribution < 1.29 is 22.7 Å². The molecule has 1 N–H and O–H groups in total. The number of sulfonamides is 1. The number of anilines is 1. The first-order valence-electron chi connectivity index (χ1n) is 10.9. The van der Waals surface area contributed by atoms with Crippen LogP contribution in [0.4, 0.5) is 5.69 Å². The minimum absolute atomic E-state index is 0.0450. The highest BCUT2D eigenvalue weighted by molar-refractivity contribution is 7.92. The molecule has 186 valence electrons. The van der Waals surface area contributed by atoms with Gasteiger partial charge in [-0.15, -0.1) is 0 Å². The van der Waals surface area contributed by atoms with Crippen molar-refractivity contribution in [3.05, 3.63) is 59.1 Å². The molecule has 2 aromatic rings. The van der Waals surface area contributed by atoms with E-state index in [-0.39, 0.29) is 24.2 Å². The van der Waals surface area contributed by atoms with Crippen LogP contribution in [0.1, 0.15) is 32.8 Å². The zero-order chi connectivity index (χ0) is 25.5. The van der Waals surface area contributed by atoms with E-state index in [9.17, 15) is 18.0 Å². The molecule has 2 rings (SSSR count). The lowest BCUT2D eigenvalue weighted by atomic mass is 10.1. The molecule has 0 heterocycles. The van der Waals surface area contributed by atoms with Crippen LogP contribution in [0.5, 0.6) is 5.75 Å². The van der Waals surface area contributed by atoms with Crippen molar-refractivity contribution in [2.75, 3.05) is 24.2 Å². The summed E-state index contributed by atoms with van der Waals surface area (Å²) in [5, 5.41) is 3.33. The molecule has 8 nitrogen and oxygen atoms in total. The van der Waals surface area contributed by atoms with Crippen LogP contribution in [-0.4, -0.2) is 57.1 Å². The number of hydrogen-bond donors (Lipinski definition) is 1. The lowest BCUT2D eigenvalue weighted by molar-refractivity contribution is -0.139. The van der Waals surface area contributed by atoms with Gasteiger partial charge in [-0.25, -0.2) is 8.42 Å². The second-order valence-electron chi connectivity index (χ2n) is 8.08. The van der Waals surface area contributed by atoms with E-state index in [1.807, 2.05) is 13.8 Å². The Labute approximate surface area is 206 Å². The molecule has 0 aliphatic heterocycles. The van der Waals surface area contributed by atoms with Crippen molar-refractivity contribution in [2.24, 2.45) is 0 Å². The maximum atomic E-state index is 13.5. The summed E-state index contributed by atoms with van der Waals surface area (Å²) in [4.78, 5) is 27.7. The summed E-state index contributed by atoms with van der Waals surface area (Å²) in [5.74, 6) is -0.421. The average Bonchev–Trinajstić information content (AvgIpc) is 2.80. The standard InChI is InChI=1S/C24H32ClN3O5S/c1-6-17(2)26-24(30)18(3)27(15-19-10-7-8-13-22(19)25)23(29)16-28(34(5,31)32)20-11-9-12-21(14-20)33-4/h7-14,17-18H,6,15-16H2,1-5H3,(H,26,30)/t17-,18+/m0/s1. The summed E-state index contributed by atoms with van der Waals surface area (Å²) < 4.78 is 31.4. The number of nitrogens with zero attached hydrogens (tertiary/aromatic N) is 2. The van der Waals surface area contributed by atoms with Crippen molar-refractivity contribution in [3.8, 4) is 5.75 Å². The van der Waals surface area contributed by atoms with Gasteiger partial charge in [-0.2, -0.15) is 0 Å². The molecule has 0 spiro atoms. The highest BCUT2D eigenvalue weighted by atomic mass is 35.5. The average molecular weight is 510 g/mol. The molecular formula is C24H32ClN3O5S. The van der Waals surface area contributed by atoms with Crippen LogP contribution in [0.15, 0.2) is 48.5 Å². The van der Waals surface area contributed by atoms with Crippen molar-refractivity contribution >= 4 is 39.1 Å². The Hall–Kier alpha value is -2.78. The van der Waals surface area contributed by atoms with Gasteiger partial charge in [-0.3, -0.25) is 13.9 Å². The number of hydrogen-bond acceptors (Lipinski definition) is 5. The summed E-state index contributed by atoms with van der Waals surface area (Å²) in [6.45, 7) is 4.99. The van der Waals surface area contributed by atoms with Gasteiger partial charge >= 0.3 is 0 Å². The van der Waals surface area contributed by atoms with Gasteiger partial charge < -0.3 is 15.0 Å². The van der Waals surface area contributed by atoms with Gasteiger partial charge in [0.15, 0.2) is 0 Å². The number of methoxy groups -OCH3 is 1. The Morgan fingerprint density at radius 3 is 2.38 bits per heavy atom. The number of ether oxygens (including phenoxy) is 1. The first-order chi connectivity index (χ1) is 16.0. The zero-order valence-electron chi connectivity index (χ0n) is 20.1. The Morgan fingerprint density at radius 2 is 1.79 bits per heavy atom. The third-order valence-electron chi connectivity index (χ3n) is 5.49. The topological polar surface area (TPSA) is 96.0 Å². The van der Waals surface area contributed by atoms with Crippen molar-refractivity contribution in [2.45, 2.75) is 45.8 Å². The molecule has 0 aromatic heterocycles. The molecule has 0 saturated heterocycles. The molecule has 0 bridgehead atoms. The first kappa shape index (κ1) is 27.5. The van der Waals surface area contributed by atoms with Crippen LogP contribution in [0.25, 0.3) is 0 Å². The summed E-state index contributed by atoms with van der Waals surface area (Å²) >= 11 is 6.31. The van der Waals surface area contributed by atoms with E-state index in [4.69, 9.17) is 16.3 Å². The third-order valence-corrected chi connectivity index (χ3v) is 7.00. The first-order valence-corrected chi connectivity index (χ1v) is 13.2. The van der Waals surface area contributed by atoms with Gasteiger partial charge in [0.2, 0.25) is 21.8 Å². The van der Waals surface area contributed by atoms with E-state index < -0.39 is 28.5 Å². The van der Waals surface area contributed by atoms with Crippen LogP contribution in [0.2, 0.25) is 5.02 Å². The molecule has 34 heavy (non-hydrogen) atoms. The molecule has 0 saturated carbocycles. The molecule has 0 aliphatic rings. The van der Waals surface area contributed by atoms with E-state index in [2.05, 4.69) is 5.32 Å². The lowest BCUT2D eigenvalue weighted by Crippen LogP contribution is -2.52. The van der Waals surface area contributed by atoms with Crippen molar-refractivity contribution in [1.82, 2.24) is 10.2 Å². The van der Waals surface area contributed by atoms with E-state index in [0.29, 0.717) is 16.3 Å². The van der Waals surface area contributed by atoms with E-state index >= 15 is 0 Å². The molecule has 2 amide bonds. The highest BCUT2D eigenvalue weighted by Gasteiger charge is 2.30.